The zero-order valence-corrected chi connectivity index (χ0v) is 12.5. The number of carboxylic acid groups (broad SMARTS) is 1. The molecular weight excluding hydrogens is 274 g/mol. The van der Waals surface area contributed by atoms with Crippen molar-refractivity contribution in [3.63, 3.8) is 0 Å². The number of amides is 3. The van der Waals surface area contributed by atoms with Gasteiger partial charge in [-0.25, -0.2) is 4.79 Å². The molecule has 2 fully saturated rings. The smallest absolute Gasteiger partial charge is 0.318 e. The number of urea groups is 1. The summed E-state index contributed by atoms with van der Waals surface area (Å²) in [7, 11) is 0. The first-order valence-corrected chi connectivity index (χ1v) is 7.47. The van der Waals surface area contributed by atoms with Crippen molar-refractivity contribution >= 4 is 17.9 Å². The first-order chi connectivity index (χ1) is 9.90. The van der Waals surface area contributed by atoms with E-state index in [0.29, 0.717) is 6.54 Å². The van der Waals surface area contributed by atoms with Crippen LogP contribution in [0.15, 0.2) is 0 Å². The third-order valence-electron chi connectivity index (χ3n) is 4.34. The molecule has 7 nitrogen and oxygen atoms in total. The maximum atomic E-state index is 12.1. The molecule has 0 aromatic heterocycles. The maximum Gasteiger partial charge on any atom is 0.318 e. The van der Waals surface area contributed by atoms with E-state index in [1.54, 1.807) is 11.8 Å². The molecular formula is C14H23N3O4. The average Bonchev–Trinajstić information content (AvgIpc) is 3.06. The van der Waals surface area contributed by atoms with Gasteiger partial charge in [-0.1, -0.05) is 6.92 Å². The van der Waals surface area contributed by atoms with Gasteiger partial charge >= 0.3 is 12.0 Å². The number of carbonyl (C=O) groups is 3. The fourth-order valence-electron chi connectivity index (χ4n) is 3.00. The molecule has 0 saturated carbocycles. The molecule has 0 radical (unpaired) electrons. The molecule has 7 heteroatoms. The maximum absolute atomic E-state index is 12.1. The topological polar surface area (TPSA) is 90.0 Å². The Kier molecular flexibility index (Phi) is 4.69. The van der Waals surface area contributed by atoms with Crippen molar-refractivity contribution in [2.24, 2.45) is 11.8 Å². The summed E-state index contributed by atoms with van der Waals surface area (Å²) in [6, 6.07) is -0.930. The third-order valence-corrected chi connectivity index (χ3v) is 4.34. The van der Waals surface area contributed by atoms with Crippen LogP contribution in [0, 0.1) is 11.8 Å². The zero-order valence-electron chi connectivity index (χ0n) is 12.5. The Morgan fingerprint density at radius 1 is 1.14 bits per heavy atom. The van der Waals surface area contributed by atoms with Crippen LogP contribution in [0.2, 0.25) is 0 Å². The Labute approximate surface area is 124 Å². The predicted molar refractivity (Wildman–Crippen MR) is 75.7 cm³/mol. The lowest BCUT2D eigenvalue weighted by molar-refractivity contribution is -0.142. The summed E-state index contributed by atoms with van der Waals surface area (Å²) in [5, 5.41) is 11.8. The Morgan fingerprint density at radius 3 is 2.29 bits per heavy atom. The number of likely N-dealkylation sites (tertiary alicyclic amines) is 2. The van der Waals surface area contributed by atoms with Gasteiger partial charge in [0.25, 0.3) is 0 Å². The summed E-state index contributed by atoms with van der Waals surface area (Å²) < 4.78 is 0. The van der Waals surface area contributed by atoms with Crippen molar-refractivity contribution in [2.75, 3.05) is 26.2 Å². The van der Waals surface area contributed by atoms with E-state index in [1.165, 1.54) is 4.90 Å². The quantitative estimate of drug-likeness (QED) is 0.787. The van der Waals surface area contributed by atoms with E-state index >= 15 is 0 Å². The second-order valence-corrected chi connectivity index (χ2v) is 6.03. The van der Waals surface area contributed by atoms with Gasteiger partial charge in [-0.2, -0.15) is 0 Å². The first kappa shape index (κ1) is 15.6. The molecule has 2 N–H and O–H groups in total. The van der Waals surface area contributed by atoms with Crippen molar-refractivity contribution in [2.45, 2.75) is 32.7 Å². The van der Waals surface area contributed by atoms with E-state index < -0.39 is 17.9 Å². The molecule has 0 aromatic carbocycles. The van der Waals surface area contributed by atoms with Crippen LogP contribution in [0.25, 0.3) is 0 Å². The van der Waals surface area contributed by atoms with Gasteiger partial charge in [0.1, 0.15) is 6.04 Å². The van der Waals surface area contributed by atoms with Crippen LogP contribution in [0.1, 0.15) is 26.7 Å². The molecule has 3 unspecified atom stereocenters. The minimum Gasteiger partial charge on any atom is -0.481 e. The monoisotopic (exact) mass is 297 g/mol. The number of carboxylic acids is 1. The van der Waals surface area contributed by atoms with Crippen LogP contribution >= 0.6 is 0 Å². The fraction of sp³-hybridized carbons (Fsp3) is 0.786. The zero-order chi connectivity index (χ0) is 15.6. The molecule has 0 aromatic rings. The van der Waals surface area contributed by atoms with Gasteiger partial charge in [0.05, 0.1) is 5.92 Å². The van der Waals surface area contributed by atoms with Gasteiger partial charge in [0, 0.05) is 26.2 Å². The molecule has 2 aliphatic rings. The standard InChI is InChI=1S/C14H23N3O4/c1-9-7-17(8-11(9)13(19)20)14(21)15-10(2)12(18)16-5-3-4-6-16/h9-11H,3-8H2,1-2H3,(H,15,21)(H,19,20). The SMILES string of the molecule is CC(NC(=O)N1CC(C)C(C(=O)O)C1)C(=O)N1CCCC1. The highest BCUT2D eigenvalue weighted by Gasteiger charge is 2.37. The Balaban J connectivity index is 1.86. The molecule has 0 aliphatic carbocycles. The lowest BCUT2D eigenvalue weighted by atomic mass is 9.99. The van der Waals surface area contributed by atoms with Crippen LogP contribution in [0.3, 0.4) is 0 Å². The number of nitrogens with zero attached hydrogens (tertiary/aromatic N) is 2. The van der Waals surface area contributed by atoms with Crippen molar-refractivity contribution in [1.82, 2.24) is 15.1 Å². The minimum atomic E-state index is -0.876. The molecule has 118 valence electrons. The highest BCUT2D eigenvalue weighted by atomic mass is 16.4. The summed E-state index contributed by atoms with van der Waals surface area (Å²) in [6.45, 7) is 5.61. The van der Waals surface area contributed by atoms with E-state index in [1.807, 2.05) is 6.92 Å². The van der Waals surface area contributed by atoms with Crippen molar-refractivity contribution in [1.29, 1.82) is 0 Å². The van der Waals surface area contributed by atoms with E-state index in [2.05, 4.69) is 5.32 Å². The first-order valence-electron chi connectivity index (χ1n) is 7.47. The van der Waals surface area contributed by atoms with E-state index in [-0.39, 0.29) is 24.4 Å². The molecule has 21 heavy (non-hydrogen) atoms. The summed E-state index contributed by atoms with van der Waals surface area (Å²) in [6.07, 6.45) is 2.02. The third kappa shape index (κ3) is 3.46. The van der Waals surface area contributed by atoms with Crippen LogP contribution < -0.4 is 5.32 Å². The van der Waals surface area contributed by atoms with Gasteiger partial charge in [0.15, 0.2) is 0 Å². The Bertz CT molecular complexity index is 434. The van der Waals surface area contributed by atoms with Crippen LogP contribution in [0.4, 0.5) is 4.79 Å². The molecule has 2 heterocycles. The van der Waals surface area contributed by atoms with Gasteiger partial charge in [-0.15, -0.1) is 0 Å². The molecule has 2 rings (SSSR count). The second kappa shape index (κ2) is 6.32. The molecule has 2 aliphatic heterocycles. The van der Waals surface area contributed by atoms with Crippen molar-refractivity contribution < 1.29 is 19.5 Å². The molecule has 0 spiro atoms. The van der Waals surface area contributed by atoms with Crippen LogP contribution in [-0.4, -0.2) is 65.0 Å². The van der Waals surface area contributed by atoms with Gasteiger partial charge in [-0.05, 0) is 25.7 Å². The summed E-state index contributed by atoms with van der Waals surface area (Å²) >= 11 is 0. The van der Waals surface area contributed by atoms with Crippen LogP contribution in [-0.2, 0) is 9.59 Å². The number of hydrogen-bond donors (Lipinski definition) is 2. The van der Waals surface area contributed by atoms with E-state index in [0.717, 1.165) is 25.9 Å². The van der Waals surface area contributed by atoms with Crippen molar-refractivity contribution in [3.8, 4) is 0 Å². The van der Waals surface area contributed by atoms with Crippen LogP contribution in [0.5, 0.6) is 0 Å². The number of hydrogen-bond acceptors (Lipinski definition) is 3. The fourth-order valence-corrected chi connectivity index (χ4v) is 3.00. The molecule has 2 saturated heterocycles. The van der Waals surface area contributed by atoms with E-state index in [4.69, 9.17) is 5.11 Å². The second-order valence-electron chi connectivity index (χ2n) is 6.03. The molecule has 3 atom stereocenters. The van der Waals surface area contributed by atoms with Crippen molar-refractivity contribution in [3.05, 3.63) is 0 Å². The van der Waals surface area contributed by atoms with Gasteiger partial charge in [-0.3, -0.25) is 9.59 Å². The highest BCUT2D eigenvalue weighted by Crippen LogP contribution is 2.23. The van der Waals surface area contributed by atoms with E-state index in [9.17, 15) is 14.4 Å². The number of carbonyl (C=O) groups excluding carboxylic acids is 2. The minimum absolute atomic E-state index is 0.0668. The largest absolute Gasteiger partial charge is 0.481 e. The summed E-state index contributed by atoms with van der Waals surface area (Å²) in [5.41, 5.74) is 0. The highest BCUT2D eigenvalue weighted by molar-refractivity contribution is 5.87. The molecule has 3 amide bonds. The van der Waals surface area contributed by atoms with Gasteiger partial charge < -0.3 is 20.2 Å². The lowest BCUT2D eigenvalue weighted by Gasteiger charge is -2.24. The number of nitrogens with one attached hydrogen (secondary N) is 1. The lowest BCUT2D eigenvalue weighted by Crippen LogP contribution is -2.50. The summed E-state index contributed by atoms with van der Waals surface area (Å²) in [4.78, 5) is 38.6. The summed E-state index contributed by atoms with van der Waals surface area (Å²) in [5.74, 6) is -1.54. The number of rotatable bonds is 3. The Morgan fingerprint density at radius 2 is 1.76 bits per heavy atom. The van der Waals surface area contributed by atoms with Gasteiger partial charge in [0.2, 0.25) is 5.91 Å². The normalized spacial score (nSPS) is 26.8. The number of aliphatic carboxylic acids is 1. The predicted octanol–water partition coefficient (Wildman–Crippen LogP) is 0.359. The average molecular weight is 297 g/mol. The molecule has 0 bridgehead atoms. The Hall–Kier alpha value is -1.79.